The van der Waals surface area contributed by atoms with E-state index < -0.39 is 0 Å². The second-order valence-corrected chi connectivity index (χ2v) is 6.40. The molecule has 6 heteroatoms. The van der Waals surface area contributed by atoms with Crippen LogP contribution in [-0.4, -0.2) is 31.4 Å². The molecule has 0 radical (unpaired) electrons. The van der Waals surface area contributed by atoms with Crippen LogP contribution in [0.3, 0.4) is 0 Å². The van der Waals surface area contributed by atoms with Gasteiger partial charge >= 0.3 is 0 Å². The van der Waals surface area contributed by atoms with Crippen LogP contribution in [0.25, 0.3) is 0 Å². The minimum atomic E-state index is -0.163. The first-order valence-electron chi connectivity index (χ1n) is 8.44. The van der Waals surface area contributed by atoms with Crippen LogP contribution in [0, 0.1) is 0 Å². The molecule has 1 atom stereocenters. The van der Waals surface area contributed by atoms with Crippen molar-refractivity contribution in [2.24, 2.45) is 0 Å². The van der Waals surface area contributed by atoms with E-state index in [0.717, 1.165) is 24.3 Å². The molecule has 2 heterocycles. The van der Waals surface area contributed by atoms with E-state index in [2.05, 4.69) is 17.1 Å². The predicted octanol–water partition coefficient (Wildman–Crippen LogP) is 2.79. The van der Waals surface area contributed by atoms with Gasteiger partial charge in [0.1, 0.15) is 5.76 Å². The van der Waals surface area contributed by atoms with Crippen LogP contribution in [0.4, 0.5) is 11.4 Å². The molecule has 0 spiro atoms. The van der Waals surface area contributed by atoms with E-state index in [-0.39, 0.29) is 30.2 Å². The second kappa shape index (κ2) is 7.01. The average molecular weight is 341 g/mol. The highest BCUT2D eigenvalue weighted by atomic mass is 16.4. The zero-order valence-electron chi connectivity index (χ0n) is 14.8. The molecule has 0 aliphatic carbocycles. The number of hydrogen-bond donors (Lipinski definition) is 1. The molecule has 0 bridgehead atoms. The van der Waals surface area contributed by atoms with Gasteiger partial charge in [0.15, 0.2) is 5.76 Å². The number of nitrogens with zero attached hydrogens (tertiary/aromatic N) is 2. The Hall–Kier alpha value is -2.76. The molecule has 1 aliphatic rings. The molecule has 132 valence electrons. The third-order valence-electron chi connectivity index (χ3n) is 4.48. The number of nitrogens with one attached hydrogen (secondary N) is 1. The molecule has 0 saturated carbocycles. The summed E-state index contributed by atoms with van der Waals surface area (Å²) in [4.78, 5) is 28.1. The van der Waals surface area contributed by atoms with Gasteiger partial charge in [-0.1, -0.05) is 12.1 Å². The maximum atomic E-state index is 13.1. The van der Waals surface area contributed by atoms with Crippen molar-refractivity contribution in [2.75, 3.05) is 23.4 Å². The fourth-order valence-electron chi connectivity index (χ4n) is 3.09. The molecule has 2 aromatic rings. The molecule has 6 nitrogen and oxygen atoms in total. The van der Waals surface area contributed by atoms with E-state index >= 15 is 0 Å². The molecule has 1 unspecified atom stereocenters. The number of amides is 2. The van der Waals surface area contributed by atoms with Gasteiger partial charge in [0.05, 0.1) is 17.9 Å². The van der Waals surface area contributed by atoms with Gasteiger partial charge in [-0.3, -0.25) is 9.59 Å². The lowest BCUT2D eigenvalue weighted by molar-refractivity contribution is -0.119. The second-order valence-electron chi connectivity index (χ2n) is 6.40. The first-order valence-corrected chi connectivity index (χ1v) is 8.44. The topological polar surface area (TPSA) is 65.8 Å². The zero-order chi connectivity index (χ0) is 18.0. The Kier molecular flexibility index (Phi) is 4.79. The van der Waals surface area contributed by atoms with Crippen LogP contribution in [-0.2, 0) is 11.3 Å². The minimum absolute atomic E-state index is 0.0579. The van der Waals surface area contributed by atoms with Crippen molar-refractivity contribution in [3.05, 3.63) is 47.9 Å². The third-order valence-corrected chi connectivity index (χ3v) is 4.48. The summed E-state index contributed by atoms with van der Waals surface area (Å²) in [7, 11) is 2.04. The van der Waals surface area contributed by atoms with Crippen molar-refractivity contribution >= 4 is 23.2 Å². The highest BCUT2D eigenvalue weighted by Gasteiger charge is 2.30. The molecule has 0 fully saturated rings. The number of furan rings is 1. The van der Waals surface area contributed by atoms with Crippen LogP contribution < -0.4 is 15.1 Å². The Morgan fingerprint density at radius 3 is 2.64 bits per heavy atom. The summed E-state index contributed by atoms with van der Waals surface area (Å²) in [5.41, 5.74) is 1.92. The lowest BCUT2D eigenvalue weighted by atomic mass is 10.1. The molecule has 1 aromatic carbocycles. The van der Waals surface area contributed by atoms with E-state index in [1.165, 1.54) is 6.92 Å². The van der Waals surface area contributed by atoms with Gasteiger partial charge < -0.3 is 19.5 Å². The number of fused-ring (bicyclic) bond motifs is 1. The lowest BCUT2D eigenvalue weighted by Crippen LogP contribution is -2.38. The summed E-state index contributed by atoms with van der Waals surface area (Å²) in [5, 5.41) is 2.67. The summed E-state index contributed by atoms with van der Waals surface area (Å²) in [6, 6.07) is 11.4. The summed E-state index contributed by atoms with van der Waals surface area (Å²) < 4.78 is 5.66. The first-order chi connectivity index (χ1) is 12.0. The Labute approximate surface area is 147 Å². The molecule has 3 rings (SSSR count). The van der Waals surface area contributed by atoms with Gasteiger partial charge in [-0.15, -0.1) is 0 Å². The van der Waals surface area contributed by atoms with E-state index in [1.807, 2.05) is 31.3 Å². The smallest absolute Gasteiger partial charge is 0.294 e. The molecular weight excluding hydrogens is 318 g/mol. The summed E-state index contributed by atoms with van der Waals surface area (Å²) in [6.07, 6.45) is 0.871. The van der Waals surface area contributed by atoms with Crippen molar-refractivity contribution in [3.63, 3.8) is 0 Å². The number of carbonyl (C=O) groups is 2. The number of rotatable bonds is 3. The number of benzene rings is 1. The van der Waals surface area contributed by atoms with Crippen LogP contribution in [0.5, 0.6) is 0 Å². The number of anilines is 2. The van der Waals surface area contributed by atoms with E-state index in [9.17, 15) is 9.59 Å². The monoisotopic (exact) mass is 341 g/mol. The fraction of sp³-hybridized carbons (Fsp3) is 0.368. The highest BCUT2D eigenvalue weighted by molar-refractivity contribution is 6.06. The van der Waals surface area contributed by atoms with Gasteiger partial charge in [-0.2, -0.15) is 0 Å². The maximum Gasteiger partial charge on any atom is 0.294 e. The summed E-state index contributed by atoms with van der Waals surface area (Å²) in [5.74, 6) is 0.546. The van der Waals surface area contributed by atoms with Crippen molar-refractivity contribution in [1.29, 1.82) is 0 Å². The summed E-state index contributed by atoms with van der Waals surface area (Å²) in [6.45, 7) is 4.65. The van der Waals surface area contributed by atoms with Gasteiger partial charge in [-0.25, -0.2) is 0 Å². The van der Waals surface area contributed by atoms with Crippen LogP contribution >= 0.6 is 0 Å². The Morgan fingerprint density at radius 2 is 1.92 bits per heavy atom. The van der Waals surface area contributed by atoms with Gasteiger partial charge in [0.2, 0.25) is 5.91 Å². The zero-order valence-corrected chi connectivity index (χ0v) is 14.8. The Bertz CT molecular complexity index is 784. The largest absolute Gasteiger partial charge is 0.454 e. The number of carbonyl (C=O) groups excluding carboxylic acids is 2. The molecule has 25 heavy (non-hydrogen) atoms. The molecule has 1 aromatic heterocycles. The quantitative estimate of drug-likeness (QED) is 0.932. The molecular formula is C19H23N3O3. The first kappa shape index (κ1) is 17.1. The maximum absolute atomic E-state index is 13.1. The molecule has 0 saturated heterocycles. The normalized spacial score (nSPS) is 17.0. The van der Waals surface area contributed by atoms with Crippen molar-refractivity contribution in [2.45, 2.75) is 32.9 Å². The molecule has 1 N–H and O–H groups in total. The number of hydrogen-bond acceptors (Lipinski definition) is 4. The molecule has 2 amide bonds. The lowest BCUT2D eigenvalue weighted by Gasteiger charge is -2.27. The average Bonchev–Trinajstić information content (AvgIpc) is 3.03. The van der Waals surface area contributed by atoms with Crippen LogP contribution in [0.15, 0.2) is 40.8 Å². The highest BCUT2D eigenvalue weighted by Crippen LogP contribution is 2.34. The fourth-order valence-corrected chi connectivity index (χ4v) is 3.09. The van der Waals surface area contributed by atoms with Crippen molar-refractivity contribution < 1.29 is 14.0 Å². The van der Waals surface area contributed by atoms with Gasteiger partial charge in [0.25, 0.3) is 5.91 Å². The van der Waals surface area contributed by atoms with Crippen LogP contribution in [0.2, 0.25) is 0 Å². The SMILES string of the molecule is CC(=O)NCc1ccc(C(=O)N2c3ccccc3N(C)CCC2C)o1. The third kappa shape index (κ3) is 3.52. The summed E-state index contributed by atoms with van der Waals surface area (Å²) >= 11 is 0. The molecule has 1 aliphatic heterocycles. The van der Waals surface area contributed by atoms with Gasteiger partial charge in [0, 0.05) is 26.6 Å². The Morgan fingerprint density at radius 1 is 1.20 bits per heavy atom. The van der Waals surface area contributed by atoms with Crippen molar-refractivity contribution in [3.8, 4) is 0 Å². The van der Waals surface area contributed by atoms with E-state index in [4.69, 9.17) is 4.42 Å². The standard InChI is InChI=1S/C19H23N3O3/c1-13-10-11-21(3)16-6-4-5-7-17(16)22(13)19(24)18-9-8-15(25-18)12-20-14(2)23/h4-9,13H,10-12H2,1-3H3,(H,20,23). The van der Waals surface area contributed by atoms with Crippen molar-refractivity contribution in [1.82, 2.24) is 5.32 Å². The number of para-hydroxylation sites is 2. The minimum Gasteiger partial charge on any atom is -0.454 e. The Balaban J connectivity index is 1.90. The van der Waals surface area contributed by atoms with Gasteiger partial charge in [-0.05, 0) is 37.6 Å². The van der Waals surface area contributed by atoms with E-state index in [1.54, 1.807) is 17.0 Å². The van der Waals surface area contributed by atoms with Crippen LogP contribution in [0.1, 0.15) is 36.6 Å². The van der Waals surface area contributed by atoms with E-state index in [0.29, 0.717) is 5.76 Å². The predicted molar refractivity (Wildman–Crippen MR) is 96.8 cm³/mol.